The molecule has 0 N–H and O–H groups in total. The number of hydrogen-bond acceptors (Lipinski definition) is 5. The summed E-state index contributed by atoms with van der Waals surface area (Å²) in [6.07, 6.45) is 0. The highest BCUT2D eigenvalue weighted by Crippen LogP contribution is 2.64. The Bertz CT molecular complexity index is 3070. The molecule has 0 saturated heterocycles. The molecule has 2 heterocycles. The van der Waals surface area contributed by atoms with E-state index in [9.17, 15) is 5.26 Å². The van der Waals surface area contributed by atoms with Crippen molar-refractivity contribution in [3.8, 4) is 73.6 Å². The highest BCUT2D eigenvalue weighted by atomic mass is 32.2. The van der Waals surface area contributed by atoms with Crippen LogP contribution in [-0.2, 0) is 5.41 Å². The van der Waals surface area contributed by atoms with Crippen LogP contribution in [-0.4, -0.2) is 15.0 Å². The Morgan fingerprint density at radius 3 is 1.47 bits per heavy atom. The number of nitrogens with zero attached hydrogens (tertiary/aromatic N) is 4. The van der Waals surface area contributed by atoms with Crippen molar-refractivity contribution < 1.29 is 0 Å². The molecule has 0 saturated carbocycles. The van der Waals surface area contributed by atoms with Gasteiger partial charge >= 0.3 is 0 Å². The lowest BCUT2D eigenvalue weighted by atomic mass is 9.67. The summed E-state index contributed by atoms with van der Waals surface area (Å²) in [5.41, 5.74) is 14.0. The average Bonchev–Trinajstić information content (AvgIpc) is 3.60. The minimum atomic E-state index is -0.592. The highest BCUT2D eigenvalue weighted by molar-refractivity contribution is 7.99. The van der Waals surface area contributed by atoms with Gasteiger partial charge in [0.2, 0.25) is 0 Å². The number of rotatable bonds is 5. The van der Waals surface area contributed by atoms with Crippen molar-refractivity contribution in [2.45, 2.75) is 15.2 Å². The number of hydrogen-bond donors (Lipinski definition) is 0. The topological polar surface area (TPSA) is 62.5 Å². The zero-order valence-electron chi connectivity index (χ0n) is 31.2. The van der Waals surface area contributed by atoms with Gasteiger partial charge in [-0.15, -0.1) is 0 Å². The lowest BCUT2D eigenvalue weighted by Crippen LogP contribution is -2.31. The molecule has 2 aliphatic rings. The Morgan fingerprint density at radius 1 is 0.379 bits per heavy atom. The Kier molecular flexibility index (Phi) is 7.99. The van der Waals surface area contributed by atoms with Crippen molar-refractivity contribution in [3.63, 3.8) is 0 Å². The molecule has 0 fully saturated rings. The van der Waals surface area contributed by atoms with Gasteiger partial charge in [0, 0.05) is 32.0 Å². The molecule has 4 nitrogen and oxygen atoms in total. The Labute approximate surface area is 341 Å². The van der Waals surface area contributed by atoms with E-state index in [4.69, 9.17) is 15.0 Å². The summed E-state index contributed by atoms with van der Waals surface area (Å²) < 4.78 is 0. The number of nitriles is 1. The maximum atomic E-state index is 10.7. The predicted molar refractivity (Wildman–Crippen MR) is 233 cm³/mol. The van der Waals surface area contributed by atoms with Gasteiger partial charge in [-0.1, -0.05) is 176 Å². The van der Waals surface area contributed by atoms with Crippen LogP contribution >= 0.6 is 11.8 Å². The molecular formula is C53H32N4S. The third-order valence-corrected chi connectivity index (χ3v) is 12.6. The van der Waals surface area contributed by atoms with Crippen LogP contribution in [0, 0.1) is 11.3 Å². The summed E-state index contributed by atoms with van der Waals surface area (Å²) in [4.78, 5) is 17.7. The molecule has 0 radical (unpaired) electrons. The summed E-state index contributed by atoms with van der Waals surface area (Å²) in [7, 11) is 0. The first-order valence-electron chi connectivity index (χ1n) is 19.3. The Balaban J connectivity index is 1.12. The van der Waals surface area contributed by atoms with Crippen LogP contribution in [0.2, 0.25) is 0 Å². The fraction of sp³-hybridized carbons (Fsp3) is 0.0189. The van der Waals surface area contributed by atoms with Crippen molar-refractivity contribution in [2.75, 3.05) is 0 Å². The summed E-state index contributed by atoms with van der Waals surface area (Å²) in [5, 5.41) is 10.7. The SMILES string of the molecule is N#Cc1cccc2c1-c1c(-c3cccc(-c4nc(-c5ccccc5)nc(-c5cccc(-c6ccccc6)c5)n4)c3)cccc1C21c2ccccc2Sc2ccccc21. The van der Waals surface area contributed by atoms with E-state index in [0.717, 1.165) is 55.6 Å². The standard InChI is InChI=1S/C53H32N4S/c54-33-40-23-13-27-44-48(40)49-41(24-14-28-45(49)53(44)42-25-7-9-29-46(42)58-47-30-10-8-26-43(47)53)37-20-12-22-39(32-37)52-56-50(35-17-5-2-6-18-35)55-51(57-52)38-21-11-19-36(31-38)34-15-3-1-4-16-34/h1-32H. The number of benzene rings is 8. The van der Waals surface area contributed by atoms with Crippen molar-refractivity contribution in [1.82, 2.24) is 15.0 Å². The number of aromatic nitrogens is 3. The molecule has 1 spiro atoms. The lowest BCUT2D eigenvalue weighted by Gasteiger charge is -2.39. The predicted octanol–water partition coefficient (Wildman–Crippen LogP) is 12.9. The third-order valence-electron chi connectivity index (χ3n) is 11.4. The molecule has 9 aromatic rings. The first kappa shape index (κ1) is 33.9. The minimum Gasteiger partial charge on any atom is -0.208 e. The molecule has 270 valence electrons. The van der Waals surface area contributed by atoms with Crippen LogP contribution in [0.4, 0.5) is 0 Å². The zero-order valence-corrected chi connectivity index (χ0v) is 32.0. The van der Waals surface area contributed by atoms with Gasteiger partial charge in [-0.05, 0) is 80.4 Å². The lowest BCUT2D eigenvalue weighted by molar-refractivity contribution is 0.722. The molecule has 0 amide bonds. The van der Waals surface area contributed by atoms with Crippen LogP contribution in [0.3, 0.4) is 0 Å². The van der Waals surface area contributed by atoms with Gasteiger partial charge in [0.25, 0.3) is 0 Å². The van der Waals surface area contributed by atoms with E-state index in [2.05, 4.69) is 152 Å². The van der Waals surface area contributed by atoms with Gasteiger partial charge in [0.15, 0.2) is 17.5 Å². The van der Waals surface area contributed by atoms with Gasteiger partial charge in [0.1, 0.15) is 0 Å². The van der Waals surface area contributed by atoms with Crippen LogP contribution in [0.5, 0.6) is 0 Å². The monoisotopic (exact) mass is 756 g/mol. The van der Waals surface area contributed by atoms with Gasteiger partial charge in [-0.2, -0.15) is 5.26 Å². The molecule has 1 aromatic heterocycles. The van der Waals surface area contributed by atoms with Crippen molar-refractivity contribution in [3.05, 3.63) is 222 Å². The molecule has 1 aliphatic heterocycles. The average molecular weight is 757 g/mol. The second-order valence-corrected chi connectivity index (χ2v) is 15.7. The van der Waals surface area contributed by atoms with Crippen LogP contribution < -0.4 is 0 Å². The fourth-order valence-electron chi connectivity index (χ4n) is 8.97. The van der Waals surface area contributed by atoms with Crippen LogP contribution in [0.15, 0.2) is 204 Å². The highest BCUT2D eigenvalue weighted by Gasteiger charge is 2.51. The summed E-state index contributed by atoms with van der Waals surface area (Å²) in [5.74, 6) is 1.80. The molecule has 5 heteroatoms. The largest absolute Gasteiger partial charge is 0.208 e. The first-order valence-corrected chi connectivity index (χ1v) is 20.1. The maximum Gasteiger partial charge on any atom is 0.164 e. The maximum absolute atomic E-state index is 10.7. The van der Waals surface area contributed by atoms with Gasteiger partial charge in [-0.3, -0.25) is 0 Å². The normalized spacial score (nSPS) is 12.9. The molecule has 11 rings (SSSR count). The number of fused-ring (bicyclic) bond motifs is 9. The molecule has 1 aliphatic carbocycles. The van der Waals surface area contributed by atoms with E-state index in [1.54, 1.807) is 0 Å². The van der Waals surface area contributed by atoms with Crippen molar-refractivity contribution in [2.24, 2.45) is 0 Å². The van der Waals surface area contributed by atoms with E-state index < -0.39 is 5.41 Å². The van der Waals surface area contributed by atoms with E-state index in [0.29, 0.717) is 23.0 Å². The van der Waals surface area contributed by atoms with Crippen molar-refractivity contribution in [1.29, 1.82) is 5.26 Å². The summed E-state index contributed by atoms with van der Waals surface area (Å²) >= 11 is 1.82. The van der Waals surface area contributed by atoms with Gasteiger partial charge in [-0.25, -0.2) is 15.0 Å². The Morgan fingerprint density at radius 2 is 0.828 bits per heavy atom. The summed E-state index contributed by atoms with van der Waals surface area (Å²) in [6, 6.07) is 70.2. The first-order chi connectivity index (χ1) is 28.7. The Hall–Kier alpha value is -7.39. The van der Waals surface area contributed by atoms with Gasteiger partial charge < -0.3 is 0 Å². The molecule has 58 heavy (non-hydrogen) atoms. The van der Waals surface area contributed by atoms with E-state index >= 15 is 0 Å². The van der Waals surface area contributed by atoms with Gasteiger partial charge in [0.05, 0.1) is 17.0 Å². The minimum absolute atomic E-state index is 0.588. The molecule has 0 unspecified atom stereocenters. The molecule has 8 aromatic carbocycles. The molecule has 0 bridgehead atoms. The van der Waals surface area contributed by atoms with Crippen LogP contribution in [0.25, 0.3) is 67.5 Å². The summed E-state index contributed by atoms with van der Waals surface area (Å²) in [6.45, 7) is 0. The molecular weight excluding hydrogens is 725 g/mol. The van der Waals surface area contributed by atoms with E-state index in [-0.39, 0.29) is 0 Å². The zero-order chi connectivity index (χ0) is 38.6. The van der Waals surface area contributed by atoms with E-state index in [1.807, 2.05) is 60.3 Å². The fourth-order valence-corrected chi connectivity index (χ4v) is 10.2. The smallest absolute Gasteiger partial charge is 0.164 e. The second kappa shape index (κ2) is 13.7. The second-order valence-electron chi connectivity index (χ2n) is 14.6. The van der Waals surface area contributed by atoms with Crippen LogP contribution in [0.1, 0.15) is 27.8 Å². The quantitative estimate of drug-likeness (QED) is 0.175. The molecule has 0 atom stereocenters. The van der Waals surface area contributed by atoms with E-state index in [1.165, 1.54) is 26.5 Å². The van der Waals surface area contributed by atoms with Crippen molar-refractivity contribution >= 4 is 11.8 Å². The third kappa shape index (κ3) is 5.27.